The molecule has 2 unspecified atom stereocenters. The average molecular weight is 222 g/mol. The van der Waals surface area contributed by atoms with Crippen molar-refractivity contribution in [1.29, 1.82) is 0 Å². The Kier molecular flexibility index (Phi) is 3.36. The van der Waals surface area contributed by atoms with E-state index in [2.05, 4.69) is 15.0 Å². The van der Waals surface area contributed by atoms with Crippen LogP contribution in [-0.4, -0.2) is 36.8 Å². The molecule has 1 aliphatic heterocycles. The fraction of sp³-hybridized carbons (Fsp3) is 0.455. The van der Waals surface area contributed by atoms with Gasteiger partial charge in [0, 0.05) is 25.4 Å². The minimum absolute atomic E-state index is 0.00602. The van der Waals surface area contributed by atoms with Gasteiger partial charge in [0.05, 0.1) is 7.11 Å². The minimum Gasteiger partial charge on any atom is -0.489 e. The summed E-state index contributed by atoms with van der Waals surface area (Å²) < 4.78 is 10.4. The van der Waals surface area contributed by atoms with Crippen LogP contribution in [-0.2, 0) is 9.53 Å². The molecule has 2 atom stereocenters. The average Bonchev–Trinajstić information content (AvgIpc) is 2.78. The van der Waals surface area contributed by atoms with E-state index >= 15 is 0 Å². The molecule has 86 valence electrons. The molecule has 1 saturated heterocycles. The van der Waals surface area contributed by atoms with Crippen molar-refractivity contribution in [3.63, 3.8) is 0 Å². The molecule has 2 rings (SSSR count). The van der Waals surface area contributed by atoms with Gasteiger partial charge in [-0.3, -0.25) is 9.78 Å². The monoisotopic (exact) mass is 222 g/mol. The smallest absolute Gasteiger partial charge is 0.323 e. The van der Waals surface area contributed by atoms with E-state index in [0.717, 1.165) is 5.75 Å². The van der Waals surface area contributed by atoms with E-state index in [1.165, 1.54) is 7.11 Å². The number of nitrogens with one attached hydrogen (secondary N) is 1. The second-order valence-corrected chi connectivity index (χ2v) is 3.64. The maximum absolute atomic E-state index is 11.3. The predicted octanol–water partition coefficient (Wildman–Crippen LogP) is 0.364. The van der Waals surface area contributed by atoms with Gasteiger partial charge in [-0.2, -0.15) is 0 Å². The number of esters is 1. The van der Waals surface area contributed by atoms with E-state index in [-0.39, 0.29) is 18.1 Å². The van der Waals surface area contributed by atoms with Crippen LogP contribution in [0.4, 0.5) is 0 Å². The summed E-state index contributed by atoms with van der Waals surface area (Å²) in [5, 5.41) is 3.06. The third-order valence-corrected chi connectivity index (χ3v) is 2.53. The number of aromatic nitrogens is 1. The number of methoxy groups -OCH3 is 1. The van der Waals surface area contributed by atoms with Gasteiger partial charge in [0.15, 0.2) is 0 Å². The van der Waals surface area contributed by atoms with Crippen LogP contribution in [0.1, 0.15) is 6.42 Å². The highest BCUT2D eigenvalue weighted by atomic mass is 16.5. The molecule has 1 aliphatic rings. The number of carbonyl (C=O) groups is 1. The summed E-state index contributed by atoms with van der Waals surface area (Å²) >= 11 is 0. The lowest BCUT2D eigenvalue weighted by Gasteiger charge is -2.12. The number of nitrogens with zero attached hydrogens (tertiary/aromatic N) is 1. The molecule has 5 nitrogen and oxygen atoms in total. The van der Waals surface area contributed by atoms with Crippen LogP contribution in [0.5, 0.6) is 5.75 Å². The summed E-state index contributed by atoms with van der Waals surface area (Å²) in [7, 11) is 1.39. The molecule has 1 N–H and O–H groups in total. The van der Waals surface area contributed by atoms with Crippen LogP contribution in [0, 0.1) is 0 Å². The first-order valence-corrected chi connectivity index (χ1v) is 5.17. The van der Waals surface area contributed by atoms with E-state index in [1.54, 1.807) is 24.5 Å². The van der Waals surface area contributed by atoms with Crippen LogP contribution in [0.25, 0.3) is 0 Å². The summed E-state index contributed by atoms with van der Waals surface area (Å²) in [5.41, 5.74) is 0. The van der Waals surface area contributed by atoms with Crippen molar-refractivity contribution in [2.75, 3.05) is 13.7 Å². The number of hydrogen-bond donors (Lipinski definition) is 1. The highest BCUT2D eigenvalue weighted by Crippen LogP contribution is 2.16. The van der Waals surface area contributed by atoms with Crippen molar-refractivity contribution in [3.8, 4) is 5.75 Å². The van der Waals surface area contributed by atoms with Crippen molar-refractivity contribution in [2.45, 2.75) is 18.6 Å². The number of rotatable bonds is 3. The van der Waals surface area contributed by atoms with Gasteiger partial charge in [-0.05, 0) is 12.1 Å². The predicted molar refractivity (Wildman–Crippen MR) is 57.1 cm³/mol. The van der Waals surface area contributed by atoms with Gasteiger partial charge in [-0.15, -0.1) is 0 Å². The fourth-order valence-electron chi connectivity index (χ4n) is 1.72. The topological polar surface area (TPSA) is 60.5 Å². The molecule has 1 aromatic heterocycles. The van der Waals surface area contributed by atoms with Crippen molar-refractivity contribution >= 4 is 5.97 Å². The summed E-state index contributed by atoms with van der Waals surface area (Å²) in [5.74, 6) is 0.535. The van der Waals surface area contributed by atoms with Gasteiger partial charge in [0.1, 0.15) is 17.9 Å². The first-order valence-electron chi connectivity index (χ1n) is 5.17. The van der Waals surface area contributed by atoms with E-state index in [1.807, 2.05) is 0 Å². The Bertz CT molecular complexity index is 356. The minimum atomic E-state index is -0.253. The molecule has 0 amide bonds. The number of carbonyl (C=O) groups excluding carboxylic acids is 1. The van der Waals surface area contributed by atoms with Crippen molar-refractivity contribution in [3.05, 3.63) is 24.5 Å². The molecule has 0 saturated carbocycles. The zero-order chi connectivity index (χ0) is 11.4. The Balaban J connectivity index is 1.88. The summed E-state index contributed by atoms with van der Waals surface area (Å²) in [4.78, 5) is 15.2. The lowest BCUT2D eigenvalue weighted by atomic mass is 10.2. The number of hydrogen-bond acceptors (Lipinski definition) is 5. The lowest BCUT2D eigenvalue weighted by Crippen LogP contribution is -2.31. The standard InChI is InChI=1S/C11H14N2O3/c1-15-11(14)10-6-9(7-13-10)16-8-2-4-12-5-3-8/h2-5,9-10,13H,6-7H2,1H3. The SMILES string of the molecule is COC(=O)C1CC(Oc2ccncc2)CN1. The van der Waals surface area contributed by atoms with Gasteiger partial charge in [-0.1, -0.05) is 0 Å². The van der Waals surface area contributed by atoms with Crippen LogP contribution in [0.2, 0.25) is 0 Å². The molecular formula is C11H14N2O3. The quantitative estimate of drug-likeness (QED) is 0.748. The highest BCUT2D eigenvalue weighted by Gasteiger charge is 2.31. The summed E-state index contributed by atoms with van der Waals surface area (Å²) in [6, 6.07) is 3.34. The number of ether oxygens (including phenoxy) is 2. The zero-order valence-corrected chi connectivity index (χ0v) is 9.05. The Labute approximate surface area is 93.8 Å². The molecule has 0 aromatic carbocycles. The molecule has 0 aliphatic carbocycles. The summed E-state index contributed by atoms with van der Waals surface area (Å²) in [6.07, 6.45) is 3.99. The van der Waals surface area contributed by atoms with E-state index < -0.39 is 0 Å². The van der Waals surface area contributed by atoms with Crippen LogP contribution in [0.3, 0.4) is 0 Å². The van der Waals surface area contributed by atoms with Crippen molar-refractivity contribution < 1.29 is 14.3 Å². The largest absolute Gasteiger partial charge is 0.489 e. The van der Waals surface area contributed by atoms with Gasteiger partial charge in [-0.25, -0.2) is 0 Å². The maximum atomic E-state index is 11.3. The molecule has 16 heavy (non-hydrogen) atoms. The molecule has 5 heteroatoms. The first kappa shape index (κ1) is 10.9. The van der Waals surface area contributed by atoms with Crippen LogP contribution >= 0.6 is 0 Å². The van der Waals surface area contributed by atoms with Crippen LogP contribution < -0.4 is 10.1 Å². The zero-order valence-electron chi connectivity index (χ0n) is 9.05. The summed E-state index contributed by atoms with van der Waals surface area (Å²) in [6.45, 7) is 0.655. The molecule has 0 radical (unpaired) electrons. The van der Waals surface area contributed by atoms with E-state index in [4.69, 9.17) is 4.74 Å². The lowest BCUT2D eigenvalue weighted by molar-refractivity contribution is -0.142. The Hall–Kier alpha value is -1.62. The second-order valence-electron chi connectivity index (χ2n) is 3.64. The second kappa shape index (κ2) is 4.94. The molecule has 0 spiro atoms. The molecular weight excluding hydrogens is 208 g/mol. The Morgan fingerprint density at radius 1 is 1.50 bits per heavy atom. The van der Waals surface area contributed by atoms with Crippen molar-refractivity contribution in [1.82, 2.24) is 10.3 Å². The third kappa shape index (κ3) is 2.49. The molecule has 1 aromatic rings. The van der Waals surface area contributed by atoms with Crippen molar-refractivity contribution in [2.24, 2.45) is 0 Å². The normalized spacial score (nSPS) is 24.1. The Morgan fingerprint density at radius 3 is 2.94 bits per heavy atom. The van der Waals surface area contributed by atoms with Gasteiger partial charge in [0.2, 0.25) is 0 Å². The maximum Gasteiger partial charge on any atom is 0.323 e. The number of pyridine rings is 1. The molecule has 1 fully saturated rings. The highest BCUT2D eigenvalue weighted by molar-refractivity contribution is 5.76. The first-order chi connectivity index (χ1) is 7.79. The fourth-order valence-corrected chi connectivity index (χ4v) is 1.72. The third-order valence-electron chi connectivity index (χ3n) is 2.53. The van der Waals surface area contributed by atoms with Crippen LogP contribution in [0.15, 0.2) is 24.5 Å². The van der Waals surface area contributed by atoms with Gasteiger partial charge in [0.25, 0.3) is 0 Å². The van der Waals surface area contributed by atoms with E-state index in [9.17, 15) is 4.79 Å². The molecule has 0 bridgehead atoms. The molecule has 2 heterocycles. The van der Waals surface area contributed by atoms with Gasteiger partial charge >= 0.3 is 5.97 Å². The Morgan fingerprint density at radius 2 is 2.25 bits per heavy atom. The van der Waals surface area contributed by atoms with Gasteiger partial charge < -0.3 is 14.8 Å². The van der Waals surface area contributed by atoms with E-state index in [0.29, 0.717) is 13.0 Å².